The molecule has 0 unspecified atom stereocenters. The second-order valence-corrected chi connectivity index (χ2v) is 8.96. The fourth-order valence-electron chi connectivity index (χ4n) is 3.27. The van der Waals surface area contributed by atoms with Gasteiger partial charge in [-0.3, -0.25) is 14.5 Å². The molecule has 170 valence electrons. The number of anilines is 1. The monoisotopic (exact) mass is 475 g/mol. The van der Waals surface area contributed by atoms with E-state index in [1.54, 1.807) is 19.2 Å². The van der Waals surface area contributed by atoms with Gasteiger partial charge in [-0.2, -0.15) is 13.2 Å². The van der Waals surface area contributed by atoms with E-state index in [4.69, 9.17) is 0 Å². The summed E-state index contributed by atoms with van der Waals surface area (Å²) in [6.45, 7) is 2.86. The summed E-state index contributed by atoms with van der Waals surface area (Å²) in [5, 5.41) is 0.409. The van der Waals surface area contributed by atoms with Crippen molar-refractivity contribution in [3.05, 3.63) is 77.1 Å². The van der Waals surface area contributed by atoms with Crippen molar-refractivity contribution < 1.29 is 26.4 Å². The molecule has 3 heterocycles. The molecule has 4 rings (SSSR count). The van der Waals surface area contributed by atoms with Gasteiger partial charge in [0.05, 0.1) is 16.1 Å². The number of nitrogens with one attached hydrogen (secondary N) is 2. The molecular formula is C21H16F3N5O3S. The number of rotatable bonds is 5. The largest absolute Gasteiger partial charge is 0.416 e. The van der Waals surface area contributed by atoms with Crippen molar-refractivity contribution in [1.82, 2.24) is 19.9 Å². The molecule has 2 N–H and O–H groups in total. The SMILES string of the molecule is Cc1cnc(C(=O)c2ncnc3[nH]ccc23)c(NS(=O)(=O)c2ccc(C)c(C(F)(F)F)c2)c1. The first-order chi connectivity index (χ1) is 15.5. The van der Waals surface area contributed by atoms with Gasteiger partial charge in [-0.05, 0) is 49.2 Å². The highest BCUT2D eigenvalue weighted by Gasteiger charge is 2.34. The van der Waals surface area contributed by atoms with Crippen LogP contribution in [0.3, 0.4) is 0 Å². The molecule has 0 aliphatic rings. The number of aryl methyl sites for hydroxylation is 2. The van der Waals surface area contributed by atoms with Gasteiger partial charge in [-0.1, -0.05) is 6.07 Å². The maximum absolute atomic E-state index is 13.3. The first-order valence-electron chi connectivity index (χ1n) is 9.47. The summed E-state index contributed by atoms with van der Waals surface area (Å²) in [4.78, 5) is 27.5. The van der Waals surface area contributed by atoms with Crippen molar-refractivity contribution in [3.63, 3.8) is 0 Å². The Kier molecular flexibility index (Phi) is 5.40. The number of hydrogen-bond acceptors (Lipinski definition) is 6. The number of fused-ring (bicyclic) bond motifs is 1. The van der Waals surface area contributed by atoms with Crippen LogP contribution >= 0.6 is 0 Å². The van der Waals surface area contributed by atoms with Gasteiger partial charge in [-0.25, -0.2) is 18.4 Å². The molecule has 33 heavy (non-hydrogen) atoms. The van der Waals surface area contributed by atoms with Gasteiger partial charge >= 0.3 is 6.18 Å². The van der Waals surface area contributed by atoms with Crippen molar-refractivity contribution in [3.8, 4) is 0 Å². The summed E-state index contributed by atoms with van der Waals surface area (Å²) in [5.74, 6) is -0.681. The third-order valence-corrected chi connectivity index (χ3v) is 6.24. The maximum Gasteiger partial charge on any atom is 0.416 e. The van der Waals surface area contributed by atoms with E-state index in [1.807, 2.05) is 0 Å². The Labute approximate surface area is 186 Å². The highest BCUT2D eigenvalue weighted by Crippen LogP contribution is 2.34. The Hall–Kier alpha value is -3.80. The second-order valence-electron chi connectivity index (χ2n) is 7.28. The van der Waals surface area contributed by atoms with Gasteiger partial charge in [0.1, 0.15) is 23.4 Å². The molecule has 1 aromatic carbocycles. The number of sulfonamides is 1. The lowest BCUT2D eigenvalue weighted by Crippen LogP contribution is -2.19. The van der Waals surface area contributed by atoms with E-state index >= 15 is 0 Å². The van der Waals surface area contributed by atoms with Crippen molar-refractivity contribution in [2.24, 2.45) is 0 Å². The number of hydrogen-bond donors (Lipinski definition) is 2. The van der Waals surface area contributed by atoms with Crippen molar-refractivity contribution in [2.45, 2.75) is 24.9 Å². The van der Waals surface area contributed by atoms with Crippen molar-refractivity contribution in [1.29, 1.82) is 0 Å². The van der Waals surface area contributed by atoms with Crippen LogP contribution in [0.1, 0.15) is 32.9 Å². The maximum atomic E-state index is 13.3. The molecule has 0 aliphatic carbocycles. The topological polar surface area (TPSA) is 118 Å². The Balaban J connectivity index is 1.78. The van der Waals surface area contributed by atoms with Crippen LogP contribution in [0, 0.1) is 13.8 Å². The fourth-order valence-corrected chi connectivity index (χ4v) is 4.35. The zero-order chi connectivity index (χ0) is 24.0. The molecule has 0 spiro atoms. The first kappa shape index (κ1) is 22.4. The Morgan fingerprint density at radius 1 is 1.03 bits per heavy atom. The number of ketones is 1. The fraction of sp³-hybridized carbons (Fsp3) is 0.143. The molecule has 8 nitrogen and oxygen atoms in total. The van der Waals surface area contributed by atoms with Crippen LogP contribution in [0.4, 0.5) is 18.9 Å². The van der Waals surface area contributed by atoms with Crippen LogP contribution in [0.5, 0.6) is 0 Å². The summed E-state index contributed by atoms with van der Waals surface area (Å²) in [5.41, 5.74) is -0.702. The number of nitrogens with zero attached hydrogens (tertiary/aromatic N) is 3. The smallest absolute Gasteiger partial charge is 0.346 e. The first-order valence-corrected chi connectivity index (χ1v) is 11.0. The normalized spacial score (nSPS) is 12.2. The van der Waals surface area contributed by atoms with Crippen molar-refractivity contribution in [2.75, 3.05) is 4.72 Å². The van der Waals surface area contributed by atoms with Crippen molar-refractivity contribution >= 4 is 32.5 Å². The lowest BCUT2D eigenvalue weighted by Gasteiger charge is -2.15. The standard InChI is InChI=1S/C21H16F3N5O3S/c1-11-7-16(29-33(31,32)13-4-3-12(2)15(8-13)21(22,23)24)18(26-9-11)19(30)17-14-5-6-25-20(14)28-10-27-17/h3-10,29H,1-2H3,(H,25,27,28). The Morgan fingerprint density at radius 3 is 2.52 bits per heavy atom. The number of carbonyl (C=O) groups is 1. The molecule has 0 saturated carbocycles. The number of aromatic nitrogens is 4. The highest BCUT2D eigenvalue weighted by molar-refractivity contribution is 7.92. The number of aromatic amines is 1. The number of benzene rings is 1. The third kappa shape index (κ3) is 4.29. The molecule has 3 aromatic heterocycles. The minimum absolute atomic E-state index is 0.00672. The van der Waals surface area contributed by atoms with Gasteiger partial charge in [-0.15, -0.1) is 0 Å². The minimum atomic E-state index is -4.73. The van der Waals surface area contributed by atoms with E-state index in [9.17, 15) is 26.4 Å². The zero-order valence-electron chi connectivity index (χ0n) is 17.2. The van der Waals surface area contributed by atoms with Crippen LogP contribution in [0.2, 0.25) is 0 Å². The van der Waals surface area contributed by atoms with Gasteiger partial charge in [0.2, 0.25) is 5.78 Å². The number of alkyl halides is 3. The quantitative estimate of drug-likeness (QED) is 0.421. The number of halogens is 3. The second kappa shape index (κ2) is 7.96. The van der Waals surface area contributed by atoms with Gasteiger partial charge in [0.15, 0.2) is 0 Å². The lowest BCUT2D eigenvalue weighted by atomic mass is 10.1. The zero-order valence-corrected chi connectivity index (χ0v) is 18.0. The Morgan fingerprint density at radius 2 is 1.79 bits per heavy atom. The summed E-state index contributed by atoms with van der Waals surface area (Å²) in [6, 6.07) is 5.64. The molecule has 0 radical (unpaired) electrons. The number of carbonyl (C=O) groups excluding carboxylic acids is 1. The van der Waals surface area contributed by atoms with Crippen LogP contribution in [0.25, 0.3) is 11.0 Å². The summed E-state index contributed by atoms with van der Waals surface area (Å²) in [7, 11) is -4.48. The lowest BCUT2D eigenvalue weighted by molar-refractivity contribution is -0.138. The van der Waals surface area contributed by atoms with Gasteiger partial charge < -0.3 is 4.98 Å². The van der Waals surface area contributed by atoms with E-state index in [2.05, 4.69) is 24.7 Å². The average molecular weight is 475 g/mol. The molecule has 0 amide bonds. The molecule has 0 fully saturated rings. The van der Waals surface area contributed by atoms with Crippen LogP contribution in [-0.4, -0.2) is 34.1 Å². The third-order valence-electron chi connectivity index (χ3n) is 4.88. The van der Waals surface area contributed by atoms with Gasteiger partial charge in [0.25, 0.3) is 10.0 Å². The summed E-state index contributed by atoms with van der Waals surface area (Å²) >= 11 is 0. The Bertz CT molecular complexity index is 1500. The van der Waals surface area contributed by atoms with Crippen LogP contribution in [0.15, 0.2) is 53.9 Å². The molecule has 0 saturated heterocycles. The molecular weight excluding hydrogens is 459 g/mol. The van der Waals surface area contributed by atoms with E-state index in [0.29, 0.717) is 22.7 Å². The van der Waals surface area contributed by atoms with E-state index in [1.165, 1.54) is 25.5 Å². The molecule has 0 aliphatic heterocycles. The van der Waals surface area contributed by atoms with Crippen LogP contribution < -0.4 is 4.72 Å². The predicted molar refractivity (Wildman–Crippen MR) is 113 cm³/mol. The number of pyridine rings is 1. The molecule has 4 aromatic rings. The molecule has 12 heteroatoms. The predicted octanol–water partition coefficient (Wildman–Crippen LogP) is 4.02. The summed E-state index contributed by atoms with van der Waals surface area (Å²) < 4.78 is 67.9. The molecule has 0 bridgehead atoms. The van der Waals surface area contributed by atoms with E-state index in [-0.39, 0.29) is 22.6 Å². The minimum Gasteiger partial charge on any atom is -0.346 e. The van der Waals surface area contributed by atoms with Crippen LogP contribution in [-0.2, 0) is 16.2 Å². The van der Waals surface area contributed by atoms with E-state index < -0.39 is 32.4 Å². The number of H-pyrrole nitrogens is 1. The van der Waals surface area contributed by atoms with E-state index in [0.717, 1.165) is 12.1 Å². The average Bonchev–Trinajstić information content (AvgIpc) is 3.21. The van der Waals surface area contributed by atoms with Gasteiger partial charge in [0, 0.05) is 17.8 Å². The highest BCUT2D eigenvalue weighted by atomic mass is 32.2. The summed E-state index contributed by atoms with van der Waals surface area (Å²) in [6.07, 6.45) is -0.613. The molecule has 0 atom stereocenters.